The van der Waals surface area contributed by atoms with Crippen LogP contribution >= 0.6 is 0 Å². The van der Waals surface area contributed by atoms with E-state index in [1.807, 2.05) is 0 Å². The zero-order valence-electron chi connectivity index (χ0n) is 13.0. The van der Waals surface area contributed by atoms with Crippen LogP contribution in [0.25, 0.3) is 0 Å². The van der Waals surface area contributed by atoms with E-state index in [0.717, 1.165) is 0 Å². The number of carbonyl (C=O) groups is 2. The maximum Gasteiger partial charge on any atom is 0.220 e. The maximum absolute atomic E-state index is 13.5. The Morgan fingerprint density at radius 2 is 1.91 bits per heavy atom. The fraction of sp³-hybridized carbons (Fsp3) is 0.529. The van der Waals surface area contributed by atoms with E-state index in [0.29, 0.717) is 32.6 Å². The molecule has 0 unspecified atom stereocenters. The van der Waals surface area contributed by atoms with Crippen LogP contribution in [0.2, 0.25) is 0 Å². The van der Waals surface area contributed by atoms with Crippen molar-refractivity contribution in [2.75, 3.05) is 26.4 Å². The van der Waals surface area contributed by atoms with Crippen molar-refractivity contribution in [1.82, 2.24) is 5.32 Å². The number of benzene rings is 1. The highest BCUT2D eigenvalue weighted by molar-refractivity contribution is 5.98. The average molecular weight is 323 g/mol. The van der Waals surface area contributed by atoms with Crippen LogP contribution in [0.4, 0.5) is 4.39 Å². The van der Waals surface area contributed by atoms with E-state index in [4.69, 9.17) is 4.74 Å². The van der Waals surface area contributed by atoms with E-state index in [2.05, 4.69) is 5.32 Å². The molecular formula is C17H22FNO4. The second-order valence-electron chi connectivity index (χ2n) is 5.95. The van der Waals surface area contributed by atoms with Crippen molar-refractivity contribution in [3.8, 4) is 0 Å². The molecule has 6 heteroatoms. The van der Waals surface area contributed by atoms with Crippen molar-refractivity contribution >= 4 is 11.7 Å². The molecule has 0 aliphatic carbocycles. The summed E-state index contributed by atoms with van der Waals surface area (Å²) in [5.41, 5.74) is -0.333. The van der Waals surface area contributed by atoms with Crippen molar-refractivity contribution in [2.45, 2.75) is 25.7 Å². The Morgan fingerprint density at radius 1 is 1.22 bits per heavy atom. The molecule has 1 heterocycles. The third kappa shape index (κ3) is 4.84. The summed E-state index contributed by atoms with van der Waals surface area (Å²) in [4.78, 5) is 23.8. The molecule has 2 N–H and O–H groups in total. The number of nitrogens with one attached hydrogen (secondary N) is 1. The molecular weight excluding hydrogens is 301 g/mol. The van der Waals surface area contributed by atoms with Gasteiger partial charge in [0.05, 0.1) is 12.2 Å². The Hall–Kier alpha value is -1.79. The van der Waals surface area contributed by atoms with E-state index in [1.54, 1.807) is 6.07 Å². The van der Waals surface area contributed by atoms with Crippen molar-refractivity contribution < 1.29 is 23.8 Å². The first kappa shape index (κ1) is 17.6. The molecule has 0 spiro atoms. The van der Waals surface area contributed by atoms with E-state index in [-0.39, 0.29) is 42.1 Å². The molecule has 5 nitrogen and oxygen atoms in total. The van der Waals surface area contributed by atoms with Crippen molar-refractivity contribution in [3.05, 3.63) is 35.6 Å². The van der Waals surface area contributed by atoms with Crippen LogP contribution < -0.4 is 5.32 Å². The van der Waals surface area contributed by atoms with E-state index < -0.39 is 5.82 Å². The summed E-state index contributed by atoms with van der Waals surface area (Å²) in [6.45, 7) is 1.49. The van der Waals surface area contributed by atoms with Crippen LogP contribution in [0.1, 0.15) is 36.0 Å². The van der Waals surface area contributed by atoms with Gasteiger partial charge in [-0.25, -0.2) is 4.39 Å². The molecule has 1 aromatic carbocycles. The van der Waals surface area contributed by atoms with Crippen LogP contribution in [-0.2, 0) is 9.53 Å². The van der Waals surface area contributed by atoms with Gasteiger partial charge in [0.1, 0.15) is 5.82 Å². The molecule has 1 fully saturated rings. The number of rotatable bonds is 7. The first-order valence-corrected chi connectivity index (χ1v) is 7.79. The van der Waals surface area contributed by atoms with Crippen LogP contribution in [0.15, 0.2) is 24.3 Å². The monoisotopic (exact) mass is 323 g/mol. The number of carbonyl (C=O) groups excluding carboxylic acids is 2. The zero-order chi connectivity index (χ0) is 16.7. The topological polar surface area (TPSA) is 75.6 Å². The molecule has 0 saturated carbocycles. The van der Waals surface area contributed by atoms with E-state index in [9.17, 15) is 19.1 Å². The van der Waals surface area contributed by atoms with Gasteiger partial charge in [-0.2, -0.15) is 0 Å². The summed E-state index contributed by atoms with van der Waals surface area (Å²) in [6.07, 6.45) is 1.35. The average Bonchev–Trinajstić information content (AvgIpc) is 2.59. The van der Waals surface area contributed by atoms with E-state index >= 15 is 0 Å². The molecule has 0 atom stereocenters. The van der Waals surface area contributed by atoms with Crippen molar-refractivity contribution in [2.24, 2.45) is 5.41 Å². The summed E-state index contributed by atoms with van der Waals surface area (Å²) >= 11 is 0. The van der Waals surface area contributed by atoms with Crippen molar-refractivity contribution in [1.29, 1.82) is 0 Å². The lowest BCUT2D eigenvalue weighted by Crippen LogP contribution is -2.43. The number of aliphatic hydroxyl groups is 1. The van der Waals surface area contributed by atoms with Crippen LogP contribution in [0, 0.1) is 11.2 Å². The van der Waals surface area contributed by atoms with Gasteiger partial charge in [-0.15, -0.1) is 0 Å². The van der Waals surface area contributed by atoms with Gasteiger partial charge in [0.15, 0.2) is 5.78 Å². The minimum absolute atomic E-state index is 0.00514. The molecule has 23 heavy (non-hydrogen) atoms. The predicted molar refractivity (Wildman–Crippen MR) is 82.5 cm³/mol. The van der Waals surface area contributed by atoms with Crippen LogP contribution in [0.3, 0.4) is 0 Å². The highest BCUT2D eigenvalue weighted by Gasteiger charge is 2.32. The third-order valence-corrected chi connectivity index (χ3v) is 4.30. The predicted octanol–water partition coefficient (Wildman–Crippen LogP) is 1.69. The molecule has 1 aliphatic rings. The minimum atomic E-state index is -0.570. The molecule has 1 aromatic rings. The molecule has 2 rings (SSSR count). The summed E-state index contributed by atoms with van der Waals surface area (Å²) < 4.78 is 18.8. The van der Waals surface area contributed by atoms with Crippen molar-refractivity contribution in [3.63, 3.8) is 0 Å². The van der Waals surface area contributed by atoms with Gasteiger partial charge >= 0.3 is 0 Å². The smallest absolute Gasteiger partial charge is 0.220 e. The summed E-state index contributed by atoms with van der Waals surface area (Å²) in [6, 6.07) is 5.75. The molecule has 0 aromatic heterocycles. The van der Waals surface area contributed by atoms with Gasteiger partial charge in [0, 0.05) is 38.0 Å². The van der Waals surface area contributed by atoms with Crippen LogP contribution in [-0.4, -0.2) is 43.2 Å². The Bertz CT molecular complexity index is 555. The summed E-state index contributed by atoms with van der Waals surface area (Å²) in [7, 11) is 0. The third-order valence-electron chi connectivity index (χ3n) is 4.30. The second kappa shape index (κ2) is 8.17. The molecule has 126 valence electrons. The lowest BCUT2D eigenvalue weighted by molar-refractivity contribution is -0.122. The largest absolute Gasteiger partial charge is 0.396 e. The molecule has 1 amide bonds. The minimum Gasteiger partial charge on any atom is -0.396 e. The zero-order valence-corrected chi connectivity index (χ0v) is 13.0. The number of Topliss-reactive ketones (excluding diaryl/α,β-unsaturated/α-hetero) is 1. The second-order valence-corrected chi connectivity index (χ2v) is 5.95. The first-order valence-electron chi connectivity index (χ1n) is 7.79. The summed E-state index contributed by atoms with van der Waals surface area (Å²) in [5, 5.41) is 12.3. The maximum atomic E-state index is 13.5. The highest BCUT2D eigenvalue weighted by Crippen LogP contribution is 2.29. The number of halogens is 1. The lowest BCUT2D eigenvalue weighted by Gasteiger charge is -2.35. The Balaban J connectivity index is 1.79. The van der Waals surface area contributed by atoms with Gasteiger partial charge in [-0.1, -0.05) is 12.1 Å². The quantitative estimate of drug-likeness (QED) is 0.749. The Morgan fingerprint density at radius 3 is 2.57 bits per heavy atom. The number of ether oxygens (including phenoxy) is 1. The molecule has 0 bridgehead atoms. The number of hydrogen-bond donors (Lipinski definition) is 2. The Labute approximate surface area is 134 Å². The molecule has 1 saturated heterocycles. The number of hydrogen-bond acceptors (Lipinski definition) is 4. The highest BCUT2D eigenvalue weighted by atomic mass is 19.1. The SMILES string of the molecule is O=C(CCC(=O)c1ccccc1F)NCC1(CO)CCOCC1. The van der Waals surface area contributed by atoms with Gasteiger partial charge in [-0.3, -0.25) is 9.59 Å². The molecule has 1 aliphatic heterocycles. The number of aliphatic hydroxyl groups excluding tert-OH is 1. The van der Waals surface area contributed by atoms with Crippen LogP contribution in [0.5, 0.6) is 0 Å². The summed E-state index contributed by atoms with van der Waals surface area (Å²) in [5.74, 6) is -1.23. The Kier molecular flexibility index (Phi) is 6.24. The van der Waals surface area contributed by atoms with E-state index in [1.165, 1.54) is 18.2 Å². The fourth-order valence-corrected chi connectivity index (χ4v) is 2.62. The van der Waals surface area contributed by atoms with Gasteiger partial charge in [-0.05, 0) is 25.0 Å². The first-order chi connectivity index (χ1) is 11.1. The van der Waals surface area contributed by atoms with Gasteiger partial charge in [0.2, 0.25) is 5.91 Å². The van der Waals surface area contributed by atoms with Gasteiger partial charge < -0.3 is 15.2 Å². The standard InChI is InChI=1S/C17H22FNO4/c18-14-4-2-1-3-13(14)15(21)5-6-16(22)19-11-17(12-20)7-9-23-10-8-17/h1-4,20H,5-12H2,(H,19,22). The molecule has 0 radical (unpaired) electrons. The number of amides is 1. The fourth-order valence-electron chi connectivity index (χ4n) is 2.62. The number of ketones is 1. The normalized spacial score (nSPS) is 16.8. The lowest BCUT2D eigenvalue weighted by atomic mass is 9.81. The van der Waals surface area contributed by atoms with Gasteiger partial charge in [0.25, 0.3) is 0 Å².